The SMILES string of the molecule is CCCC(C)Oc1ccccc1Br. The average molecular weight is 243 g/mol. The van der Waals surface area contributed by atoms with Crippen LogP contribution in [0.2, 0.25) is 0 Å². The molecule has 0 amide bonds. The lowest BCUT2D eigenvalue weighted by Crippen LogP contribution is -2.11. The van der Waals surface area contributed by atoms with E-state index in [0.717, 1.165) is 23.1 Å². The summed E-state index contributed by atoms with van der Waals surface area (Å²) in [4.78, 5) is 0. The van der Waals surface area contributed by atoms with Crippen LogP contribution >= 0.6 is 15.9 Å². The molecule has 0 N–H and O–H groups in total. The number of hydrogen-bond acceptors (Lipinski definition) is 1. The number of ether oxygens (including phenoxy) is 1. The van der Waals surface area contributed by atoms with Crippen molar-refractivity contribution in [3.8, 4) is 5.75 Å². The van der Waals surface area contributed by atoms with Crippen molar-refractivity contribution < 1.29 is 4.74 Å². The van der Waals surface area contributed by atoms with Crippen molar-refractivity contribution in [1.82, 2.24) is 0 Å². The molecular weight excluding hydrogens is 228 g/mol. The first kappa shape index (κ1) is 10.6. The molecule has 1 atom stereocenters. The molecule has 1 aromatic rings. The van der Waals surface area contributed by atoms with E-state index in [4.69, 9.17) is 4.74 Å². The van der Waals surface area contributed by atoms with Crippen LogP contribution in [0.15, 0.2) is 28.7 Å². The van der Waals surface area contributed by atoms with Crippen molar-refractivity contribution >= 4 is 15.9 Å². The fraction of sp³-hybridized carbons (Fsp3) is 0.455. The molecule has 1 rings (SSSR count). The van der Waals surface area contributed by atoms with Crippen LogP contribution in [-0.2, 0) is 0 Å². The summed E-state index contributed by atoms with van der Waals surface area (Å²) in [6, 6.07) is 7.95. The van der Waals surface area contributed by atoms with Crippen molar-refractivity contribution in [2.75, 3.05) is 0 Å². The van der Waals surface area contributed by atoms with Gasteiger partial charge in [0.25, 0.3) is 0 Å². The summed E-state index contributed by atoms with van der Waals surface area (Å²) in [7, 11) is 0. The zero-order valence-electron chi connectivity index (χ0n) is 8.09. The Hall–Kier alpha value is -0.500. The Morgan fingerprint density at radius 1 is 1.38 bits per heavy atom. The fourth-order valence-corrected chi connectivity index (χ4v) is 1.60. The van der Waals surface area contributed by atoms with Gasteiger partial charge in [0.15, 0.2) is 0 Å². The molecule has 1 unspecified atom stereocenters. The third kappa shape index (κ3) is 3.39. The van der Waals surface area contributed by atoms with Crippen molar-refractivity contribution in [2.24, 2.45) is 0 Å². The Morgan fingerprint density at radius 2 is 2.08 bits per heavy atom. The molecule has 2 heteroatoms. The lowest BCUT2D eigenvalue weighted by atomic mass is 10.2. The number of para-hydroxylation sites is 1. The molecule has 0 heterocycles. The summed E-state index contributed by atoms with van der Waals surface area (Å²) in [5, 5.41) is 0. The molecule has 13 heavy (non-hydrogen) atoms. The van der Waals surface area contributed by atoms with Gasteiger partial charge in [0.05, 0.1) is 10.6 Å². The first-order valence-electron chi connectivity index (χ1n) is 4.65. The van der Waals surface area contributed by atoms with Gasteiger partial charge in [0, 0.05) is 0 Å². The second-order valence-electron chi connectivity index (χ2n) is 3.15. The Bertz CT molecular complexity index is 260. The maximum absolute atomic E-state index is 5.74. The largest absolute Gasteiger partial charge is 0.490 e. The standard InChI is InChI=1S/C11H15BrO/c1-3-6-9(2)13-11-8-5-4-7-10(11)12/h4-5,7-9H,3,6H2,1-2H3. The third-order valence-electron chi connectivity index (χ3n) is 1.86. The smallest absolute Gasteiger partial charge is 0.133 e. The highest BCUT2D eigenvalue weighted by Gasteiger charge is 2.04. The molecule has 0 aliphatic rings. The van der Waals surface area contributed by atoms with Gasteiger partial charge in [-0.1, -0.05) is 25.5 Å². The minimum Gasteiger partial charge on any atom is -0.490 e. The second-order valence-corrected chi connectivity index (χ2v) is 4.00. The van der Waals surface area contributed by atoms with Gasteiger partial charge in [0.1, 0.15) is 5.75 Å². The van der Waals surface area contributed by atoms with Gasteiger partial charge in [-0.2, -0.15) is 0 Å². The van der Waals surface area contributed by atoms with E-state index in [1.54, 1.807) is 0 Å². The Balaban J connectivity index is 2.58. The maximum atomic E-state index is 5.74. The summed E-state index contributed by atoms with van der Waals surface area (Å²) >= 11 is 3.45. The van der Waals surface area contributed by atoms with Gasteiger partial charge in [-0.3, -0.25) is 0 Å². The molecular formula is C11H15BrO. The number of halogens is 1. The van der Waals surface area contributed by atoms with Gasteiger partial charge in [-0.15, -0.1) is 0 Å². The first-order valence-corrected chi connectivity index (χ1v) is 5.44. The van der Waals surface area contributed by atoms with Gasteiger partial charge in [-0.25, -0.2) is 0 Å². The lowest BCUT2D eigenvalue weighted by Gasteiger charge is -2.14. The van der Waals surface area contributed by atoms with Crippen molar-refractivity contribution in [2.45, 2.75) is 32.8 Å². The van der Waals surface area contributed by atoms with Gasteiger partial charge < -0.3 is 4.74 Å². The predicted octanol–water partition coefficient (Wildman–Crippen LogP) is 4.02. The van der Waals surface area contributed by atoms with Crippen LogP contribution in [0.3, 0.4) is 0 Å². The molecule has 0 saturated carbocycles. The van der Waals surface area contributed by atoms with Crippen LogP contribution in [0.1, 0.15) is 26.7 Å². The highest BCUT2D eigenvalue weighted by molar-refractivity contribution is 9.10. The van der Waals surface area contributed by atoms with Crippen LogP contribution in [0.25, 0.3) is 0 Å². The van der Waals surface area contributed by atoms with E-state index < -0.39 is 0 Å². The minimum atomic E-state index is 0.295. The molecule has 0 aliphatic heterocycles. The molecule has 1 nitrogen and oxygen atoms in total. The van der Waals surface area contributed by atoms with E-state index in [2.05, 4.69) is 29.8 Å². The molecule has 0 radical (unpaired) electrons. The van der Waals surface area contributed by atoms with Crippen molar-refractivity contribution in [3.63, 3.8) is 0 Å². The number of rotatable bonds is 4. The zero-order chi connectivity index (χ0) is 9.68. The monoisotopic (exact) mass is 242 g/mol. The maximum Gasteiger partial charge on any atom is 0.133 e. The summed E-state index contributed by atoms with van der Waals surface area (Å²) < 4.78 is 6.76. The van der Waals surface area contributed by atoms with E-state index in [1.807, 2.05) is 24.3 Å². The normalized spacial score (nSPS) is 12.5. The molecule has 0 spiro atoms. The fourth-order valence-electron chi connectivity index (χ4n) is 1.22. The van der Waals surface area contributed by atoms with Crippen molar-refractivity contribution in [3.05, 3.63) is 28.7 Å². The lowest BCUT2D eigenvalue weighted by molar-refractivity contribution is 0.208. The number of hydrogen-bond donors (Lipinski definition) is 0. The Labute approximate surface area is 88.2 Å². The Kier molecular flexibility index (Phi) is 4.29. The van der Waals surface area contributed by atoms with Crippen LogP contribution in [0.5, 0.6) is 5.75 Å². The highest BCUT2D eigenvalue weighted by atomic mass is 79.9. The van der Waals surface area contributed by atoms with E-state index in [-0.39, 0.29) is 0 Å². The summed E-state index contributed by atoms with van der Waals surface area (Å²) in [5.74, 6) is 0.934. The second kappa shape index (κ2) is 5.28. The average Bonchev–Trinajstić information content (AvgIpc) is 2.09. The van der Waals surface area contributed by atoms with E-state index >= 15 is 0 Å². The van der Waals surface area contributed by atoms with Gasteiger partial charge >= 0.3 is 0 Å². The Morgan fingerprint density at radius 3 is 2.69 bits per heavy atom. The van der Waals surface area contributed by atoms with Crippen LogP contribution in [0.4, 0.5) is 0 Å². The molecule has 0 saturated heterocycles. The summed E-state index contributed by atoms with van der Waals surface area (Å²) in [6.45, 7) is 4.27. The highest BCUT2D eigenvalue weighted by Crippen LogP contribution is 2.25. The molecule has 0 fully saturated rings. The van der Waals surface area contributed by atoms with E-state index in [1.165, 1.54) is 0 Å². The first-order chi connectivity index (χ1) is 6.24. The van der Waals surface area contributed by atoms with E-state index in [0.29, 0.717) is 6.10 Å². The topological polar surface area (TPSA) is 9.23 Å². The molecule has 72 valence electrons. The van der Waals surface area contributed by atoms with Gasteiger partial charge in [-0.05, 0) is 41.4 Å². The summed E-state index contributed by atoms with van der Waals surface area (Å²) in [5.41, 5.74) is 0. The molecule has 0 bridgehead atoms. The zero-order valence-corrected chi connectivity index (χ0v) is 9.67. The predicted molar refractivity (Wildman–Crippen MR) is 59.1 cm³/mol. The van der Waals surface area contributed by atoms with Crippen LogP contribution in [0, 0.1) is 0 Å². The minimum absolute atomic E-state index is 0.295. The van der Waals surface area contributed by atoms with Gasteiger partial charge in [0.2, 0.25) is 0 Å². The van der Waals surface area contributed by atoms with Crippen LogP contribution < -0.4 is 4.74 Å². The summed E-state index contributed by atoms with van der Waals surface area (Å²) in [6.07, 6.45) is 2.55. The quantitative estimate of drug-likeness (QED) is 0.776. The number of benzene rings is 1. The van der Waals surface area contributed by atoms with Crippen molar-refractivity contribution in [1.29, 1.82) is 0 Å². The molecule has 1 aromatic carbocycles. The van der Waals surface area contributed by atoms with Crippen LogP contribution in [-0.4, -0.2) is 6.10 Å². The van der Waals surface area contributed by atoms with E-state index in [9.17, 15) is 0 Å². The third-order valence-corrected chi connectivity index (χ3v) is 2.52. The molecule has 0 aromatic heterocycles. The molecule has 0 aliphatic carbocycles.